The summed E-state index contributed by atoms with van der Waals surface area (Å²) in [5.74, 6) is 3.12. The molecule has 0 saturated carbocycles. The Bertz CT molecular complexity index is 793. The topological polar surface area (TPSA) is 68.7 Å². The quantitative estimate of drug-likeness (QED) is 0.838. The highest BCUT2D eigenvalue weighted by atomic mass is 16.5. The Balaban J connectivity index is 1.47. The maximum Gasteiger partial charge on any atom is 0.227 e. The van der Waals surface area contributed by atoms with Crippen molar-refractivity contribution in [2.24, 2.45) is 0 Å². The van der Waals surface area contributed by atoms with Crippen molar-refractivity contribution in [2.45, 2.75) is 31.9 Å². The van der Waals surface area contributed by atoms with Gasteiger partial charge in [0.25, 0.3) is 0 Å². The van der Waals surface area contributed by atoms with Gasteiger partial charge in [0.05, 0.1) is 20.3 Å². The molecule has 1 saturated heterocycles. The summed E-state index contributed by atoms with van der Waals surface area (Å²) in [7, 11) is 3.33. The Kier molecular flexibility index (Phi) is 5.29. The molecule has 7 nitrogen and oxygen atoms in total. The summed E-state index contributed by atoms with van der Waals surface area (Å²) in [6, 6.07) is 6.04. The van der Waals surface area contributed by atoms with Gasteiger partial charge in [0.1, 0.15) is 5.82 Å². The predicted octanol–water partition coefficient (Wildman–Crippen LogP) is 2.65. The minimum absolute atomic E-state index is 0.285. The number of hydrogen-bond donors (Lipinski definition) is 1. The first kappa shape index (κ1) is 17.9. The molecule has 1 N–H and O–H groups in total. The van der Waals surface area contributed by atoms with Crippen LogP contribution in [0.15, 0.2) is 24.4 Å². The zero-order valence-electron chi connectivity index (χ0n) is 15.9. The number of ether oxygens (including phenoxy) is 3. The van der Waals surface area contributed by atoms with Crippen molar-refractivity contribution >= 4 is 11.8 Å². The number of nitrogens with one attached hydrogen (secondary N) is 1. The minimum Gasteiger partial charge on any atom is -0.493 e. The van der Waals surface area contributed by atoms with Crippen LogP contribution in [0.25, 0.3) is 0 Å². The summed E-state index contributed by atoms with van der Waals surface area (Å²) in [4.78, 5) is 11.4. The molecule has 0 spiro atoms. The zero-order valence-corrected chi connectivity index (χ0v) is 15.9. The normalized spacial score (nSPS) is 18.9. The molecule has 0 aliphatic carbocycles. The van der Waals surface area contributed by atoms with E-state index in [1.165, 1.54) is 11.1 Å². The molecule has 0 bridgehead atoms. The molecule has 1 aromatic carbocycles. The number of benzene rings is 1. The fourth-order valence-corrected chi connectivity index (χ4v) is 3.68. The molecule has 0 radical (unpaired) electrons. The van der Waals surface area contributed by atoms with Gasteiger partial charge in [-0.3, -0.25) is 0 Å². The summed E-state index contributed by atoms with van der Waals surface area (Å²) >= 11 is 0. The Morgan fingerprint density at radius 2 is 2.04 bits per heavy atom. The Hall–Kier alpha value is -2.54. The number of aromatic nitrogens is 2. The van der Waals surface area contributed by atoms with Crippen molar-refractivity contribution in [3.8, 4) is 11.5 Å². The number of methoxy groups -OCH3 is 2. The molecular weight excluding hydrogens is 344 g/mol. The number of nitrogens with zero attached hydrogens (tertiary/aromatic N) is 3. The van der Waals surface area contributed by atoms with E-state index in [0.717, 1.165) is 68.8 Å². The van der Waals surface area contributed by atoms with E-state index in [2.05, 4.69) is 27.3 Å². The maximum absolute atomic E-state index is 5.66. The van der Waals surface area contributed by atoms with E-state index in [4.69, 9.17) is 19.2 Å². The third-order valence-corrected chi connectivity index (χ3v) is 5.18. The third kappa shape index (κ3) is 3.93. The smallest absolute Gasteiger partial charge is 0.227 e. The van der Waals surface area contributed by atoms with Gasteiger partial charge < -0.3 is 24.4 Å². The fraction of sp³-hybridized carbons (Fsp3) is 0.500. The Morgan fingerprint density at radius 3 is 2.78 bits per heavy atom. The zero-order chi connectivity index (χ0) is 18.6. The minimum atomic E-state index is 0.285. The molecule has 2 aliphatic rings. The first-order valence-corrected chi connectivity index (χ1v) is 9.44. The highest BCUT2D eigenvalue weighted by Crippen LogP contribution is 2.34. The van der Waals surface area contributed by atoms with Crippen LogP contribution in [0.4, 0.5) is 11.8 Å². The molecular formula is C20H26N4O3. The molecule has 3 heterocycles. The average molecular weight is 370 g/mol. The van der Waals surface area contributed by atoms with Crippen LogP contribution in [0.3, 0.4) is 0 Å². The predicted molar refractivity (Wildman–Crippen MR) is 104 cm³/mol. The lowest BCUT2D eigenvalue weighted by molar-refractivity contribution is 0.120. The summed E-state index contributed by atoms with van der Waals surface area (Å²) in [5.41, 5.74) is 2.51. The molecule has 4 rings (SSSR count). The van der Waals surface area contributed by atoms with Crippen LogP contribution in [-0.4, -0.2) is 50.0 Å². The van der Waals surface area contributed by atoms with Crippen LogP contribution < -0.4 is 19.7 Å². The second-order valence-electron chi connectivity index (χ2n) is 6.91. The van der Waals surface area contributed by atoms with E-state index in [9.17, 15) is 0 Å². The van der Waals surface area contributed by atoms with E-state index in [-0.39, 0.29) is 6.10 Å². The molecule has 1 atom stereocenters. The first-order chi connectivity index (χ1) is 13.3. The van der Waals surface area contributed by atoms with Crippen LogP contribution in [0.5, 0.6) is 11.5 Å². The van der Waals surface area contributed by atoms with Crippen molar-refractivity contribution in [2.75, 3.05) is 44.1 Å². The summed E-state index contributed by atoms with van der Waals surface area (Å²) < 4.78 is 16.5. The second kappa shape index (κ2) is 8.00. The van der Waals surface area contributed by atoms with Gasteiger partial charge >= 0.3 is 0 Å². The van der Waals surface area contributed by atoms with Crippen LogP contribution in [0.2, 0.25) is 0 Å². The van der Waals surface area contributed by atoms with Crippen LogP contribution in [0, 0.1) is 0 Å². The lowest BCUT2D eigenvalue weighted by atomic mass is 9.99. The molecule has 1 aromatic heterocycles. The fourth-order valence-electron chi connectivity index (χ4n) is 3.68. The number of fused-ring (bicyclic) bond motifs is 1. The summed E-state index contributed by atoms with van der Waals surface area (Å²) in [6.07, 6.45) is 5.27. The van der Waals surface area contributed by atoms with Gasteiger partial charge in [-0.05, 0) is 48.6 Å². The largest absolute Gasteiger partial charge is 0.493 e. The van der Waals surface area contributed by atoms with E-state index in [1.54, 1.807) is 14.2 Å². The highest BCUT2D eigenvalue weighted by Gasteiger charge is 2.21. The number of anilines is 2. The molecule has 7 heteroatoms. The third-order valence-electron chi connectivity index (χ3n) is 5.18. The highest BCUT2D eigenvalue weighted by molar-refractivity contribution is 5.51. The molecule has 0 amide bonds. The van der Waals surface area contributed by atoms with E-state index >= 15 is 0 Å². The van der Waals surface area contributed by atoms with Gasteiger partial charge in [-0.15, -0.1) is 0 Å². The monoisotopic (exact) mass is 370 g/mol. The van der Waals surface area contributed by atoms with Gasteiger partial charge in [-0.1, -0.05) is 0 Å². The van der Waals surface area contributed by atoms with Gasteiger partial charge in [0.15, 0.2) is 11.5 Å². The Morgan fingerprint density at radius 1 is 1.22 bits per heavy atom. The lowest BCUT2D eigenvalue weighted by Gasteiger charge is -2.29. The maximum atomic E-state index is 5.66. The van der Waals surface area contributed by atoms with Crippen molar-refractivity contribution < 1.29 is 14.2 Å². The molecule has 2 aliphatic heterocycles. The SMILES string of the molecule is COc1cc2c(cc1OC)CN(c1nccc(NCC3CCCO3)n1)CC2. The molecule has 27 heavy (non-hydrogen) atoms. The summed E-state index contributed by atoms with van der Waals surface area (Å²) in [6.45, 7) is 3.28. The van der Waals surface area contributed by atoms with E-state index in [0.29, 0.717) is 0 Å². The van der Waals surface area contributed by atoms with E-state index < -0.39 is 0 Å². The van der Waals surface area contributed by atoms with Crippen molar-refractivity contribution in [1.82, 2.24) is 9.97 Å². The Labute approximate surface area is 159 Å². The molecule has 1 unspecified atom stereocenters. The van der Waals surface area contributed by atoms with Crippen LogP contribution >= 0.6 is 0 Å². The van der Waals surface area contributed by atoms with Gasteiger partial charge in [0.2, 0.25) is 5.95 Å². The summed E-state index contributed by atoms with van der Waals surface area (Å²) in [5, 5.41) is 3.38. The molecule has 1 fully saturated rings. The molecule has 144 valence electrons. The standard InChI is InChI=1S/C20H26N4O3/c1-25-17-10-14-6-8-24(13-15(14)11-18(17)26-2)20-21-7-5-19(23-20)22-12-16-4-3-9-27-16/h5,7,10-11,16H,3-4,6,8-9,12-13H2,1-2H3,(H,21,22,23). The van der Waals surface area contributed by atoms with Gasteiger partial charge in [-0.2, -0.15) is 4.98 Å². The second-order valence-corrected chi connectivity index (χ2v) is 6.91. The average Bonchev–Trinajstić information content (AvgIpc) is 3.24. The van der Waals surface area contributed by atoms with Crippen molar-refractivity contribution in [3.05, 3.63) is 35.5 Å². The number of rotatable bonds is 6. The van der Waals surface area contributed by atoms with Crippen molar-refractivity contribution in [3.63, 3.8) is 0 Å². The van der Waals surface area contributed by atoms with E-state index in [1.807, 2.05) is 12.3 Å². The van der Waals surface area contributed by atoms with Crippen LogP contribution in [-0.2, 0) is 17.7 Å². The van der Waals surface area contributed by atoms with Crippen LogP contribution in [0.1, 0.15) is 24.0 Å². The lowest BCUT2D eigenvalue weighted by Crippen LogP contribution is -2.32. The van der Waals surface area contributed by atoms with Crippen molar-refractivity contribution in [1.29, 1.82) is 0 Å². The molecule has 2 aromatic rings. The number of hydrogen-bond acceptors (Lipinski definition) is 7. The van der Waals surface area contributed by atoms with Gasteiger partial charge in [-0.25, -0.2) is 4.98 Å². The first-order valence-electron chi connectivity index (χ1n) is 9.44. The van der Waals surface area contributed by atoms with Gasteiger partial charge in [0, 0.05) is 32.4 Å².